The molecule has 0 aliphatic heterocycles. The van der Waals surface area contributed by atoms with Crippen LogP contribution in [0.15, 0.2) is 59.0 Å². The predicted octanol–water partition coefficient (Wildman–Crippen LogP) is 4.13. The minimum Gasteiger partial charge on any atom is -0.493 e. The molecule has 0 saturated carbocycles. The molecule has 0 fully saturated rings. The third-order valence-electron chi connectivity index (χ3n) is 6.34. The summed E-state index contributed by atoms with van der Waals surface area (Å²) in [6.07, 6.45) is 0.383. The number of hydrogen-bond acceptors (Lipinski definition) is 8. The number of benzene rings is 2. The van der Waals surface area contributed by atoms with Crippen molar-refractivity contribution < 1.29 is 27.9 Å². The molecule has 12 heteroatoms. The van der Waals surface area contributed by atoms with Gasteiger partial charge in [-0.25, -0.2) is 4.39 Å². The van der Waals surface area contributed by atoms with Crippen LogP contribution < -0.4 is 14.8 Å². The number of aryl methyl sites for hydroxylation is 1. The van der Waals surface area contributed by atoms with Gasteiger partial charge >= 0.3 is 0 Å². The number of tetrazole rings is 1. The Balaban J connectivity index is 1.68. The van der Waals surface area contributed by atoms with Gasteiger partial charge in [0.25, 0.3) is 0 Å². The van der Waals surface area contributed by atoms with E-state index in [1.165, 1.54) is 29.2 Å². The molecule has 0 saturated heterocycles. The van der Waals surface area contributed by atoms with E-state index in [4.69, 9.17) is 13.9 Å². The lowest BCUT2D eigenvalue weighted by molar-refractivity contribution is -0.142. The maximum atomic E-state index is 13.9. The molecule has 4 rings (SSSR count). The van der Waals surface area contributed by atoms with Crippen molar-refractivity contribution in [3.05, 3.63) is 77.3 Å². The summed E-state index contributed by atoms with van der Waals surface area (Å²) in [4.78, 5) is 30.3. The van der Waals surface area contributed by atoms with Crippen LogP contribution in [-0.4, -0.2) is 63.2 Å². The zero-order chi connectivity index (χ0) is 30.4. The second kappa shape index (κ2) is 12.8. The van der Waals surface area contributed by atoms with Gasteiger partial charge in [-0.05, 0) is 86.9 Å². The fourth-order valence-electron chi connectivity index (χ4n) is 4.41. The van der Waals surface area contributed by atoms with Crippen molar-refractivity contribution in [1.29, 1.82) is 0 Å². The molecular weight excluding hydrogens is 543 g/mol. The molecule has 0 radical (unpaired) electrons. The number of halogens is 1. The van der Waals surface area contributed by atoms with Crippen molar-refractivity contribution in [1.82, 2.24) is 30.4 Å². The van der Waals surface area contributed by atoms with Gasteiger partial charge in [0.05, 0.1) is 14.2 Å². The van der Waals surface area contributed by atoms with Gasteiger partial charge in [0.15, 0.2) is 17.3 Å². The quantitative estimate of drug-likeness (QED) is 0.282. The fourth-order valence-corrected chi connectivity index (χ4v) is 4.41. The molecule has 0 aliphatic carbocycles. The van der Waals surface area contributed by atoms with Crippen LogP contribution in [0, 0.1) is 12.7 Å². The van der Waals surface area contributed by atoms with E-state index in [9.17, 15) is 14.0 Å². The first-order valence-corrected chi connectivity index (χ1v) is 13.4. The molecule has 2 aromatic heterocycles. The average molecular weight is 579 g/mol. The minimum absolute atomic E-state index is 0.146. The predicted molar refractivity (Wildman–Crippen MR) is 152 cm³/mol. The number of aromatic nitrogens is 4. The SMILES string of the molecule is COc1ccc(CCN(C(=O)Cn2nnc(-c3ccc(C)o3)n2)C(C(=O)NC(C)(C)C)c2ccc(F)cc2)cc1OC. The molecule has 2 heterocycles. The third kappa shape index (κ3) is 7.50. The van der Waals surface area contributed by atoms with Gasteiger partial charge in [-0.1, -0.05) is 18.2 Å². The van der Waals surface area contributed by atoms with Gasteiger partial charge in [-0.2, -0.15) is 4.80 Å². The topological polar surface area (TPSA) is 125 Å². The fraction of sp³-hybridized carbons (Fsp3) is 0.367. The normalized spacial score (nSPS) is 12.1. The van der Waals surface area contributed by atoms with E-state index in [1.807, 2.05) is 32.9 Å². The Morgan fingerprint density at radius 2 is 1.76 bits per heavy atom. The number of hydrogen-bond donors (Lipinski definition) is 1. The second-order valence-corrected chi connectivity index (χ2v) is 10.8. The van der Waals surface area contributed by atoms with E-state index in [0.717, 1.165) is 10.4 Å². The number of furan rings is 1. The number of nitrogens with one attached hydrogen (secondary N) is 1. The van der Waals surface area contributed by atoms with Gasteiger partial charge in [0.2, 0.25) is 17.6 Å². The van der Waals surface area contributed by atoms with Gasteiger partial charge in [0, 0.05) is 12.1 Å². The van der Waals surface area contributed by atoms with E-state index in [1.54, 1.807) is 39.3 Å². The van der Waals surface area contributed by atoms with Crippen molar-refractivity contribution in [3.63, 3.8) is 0 Å². The maximum absolute atomic E-state index is 13.9. The zero-order valence-corrected chi connectivity index (χ0v) is 24.6. The van der Waals surface area contributed by atoms with Crippen LogP contribution in [0.1, 0.15) is 43.7 Å². The summed E-state index contributed by atoms with van der Waals surface area (Å²) in [6, 6.07) is 13.4. The number of nitrogens with zero attached hydrogens (tertiary/aromatic N) is 5. The molecule has 222 valence electrons. The monoisotopic (exact) mass is 578 g/mol. The lowest BCUT2D eigenvalue weighted by Gasteiger charge is -2.33. The summed E-state index contributed by atoms with van der Waals surface area (Å²) >= 11 is 0. The zero-order valence-electron chi connectivity index (χ0n) is 24.6. The molecule has 11 nitrogen and oxygen atoms in total. The minimum atomic E-state index is -1.06. The van der Waals surface area contributed by atoms with Crippen molar-refractivity contribution in [2.75, 3.05) is 20.8 Å². The Morgan fingerprint density at radius 1 is 1.05 bits per heavy atom. The average Bonchev–Trinajstić information content (AvgIpc) is 3.59. The summed E-state index contributed by atoms with van der Waals surface area (Å²) < 4.78 is 30.2. The van der Waals surface area contributed by atoms with Gasteiger partial charge in [-0.3, -0.25) is 9.59 Å². The molecule has 1 N–H and O–H groups in total. The summed E-state index contributed by atoms with van der Waals surface area (Å²) in [5, 5.41) is 15.3. The van der Waals surface area contributed by atoms with Crippen molar-refractivity contribution in [2.24, 2.45) is 0 Å². The Bertz CT molecular complexity index is 1530. The molecule has 2 amide bonds. The third-order valence-corrected chi connectivity index (χ3v) is 6.34. The molecule has 2 aromatic carbocycles. The first kappa shape index (κ1) is 30.2. The molecular formula is C30H35FN6O5. The van der Waals surface area contributed by atoms with Crippen LogP contribution in [0.25, 0.3) is 11.6 Å². The number of methoxy groups -OCH3 is 2. The van der Waals surface area contributed by atoms with E-state index in [0.29, 0.717) is 35.0 Å². The highest BCUT2D eigenvalue weighted by Gasteiger charge is 2.33. The first-order valence-electron chi connectivity index (χ1n) is 13.4. The Kier molecular flexibility index (Phi) is 9.24. The number of ether oxygens (including phenoxy) is 2. The van der Waals surface area contributed by atoms with Gasteiger partial charge < -0.3 is 24.1 Å². The second-order valence-electron chi connectivity index (χ2n) is 10.8. The summed E-state index contributed by atoms with van der Waals surface area (Å²) in [5.74, 6) is 1.15. The largest absolute Gasteiger partial charge is 0.493 e. The number of rotatable bonds is 11. The van der Waals surface area contributed by atoms with Gasteiger partial charge in [-0.15, -0.1) is 10.2 Å². The highest BCUT2D eigenvalue weighted by atomic mass is 19.1. The Morgan fingerprint density at radius 3 is 2.38 bits per heavy atom. The summed E-state index contributed by atoms with van der Waals surface area (Å²) in [7, 11) is 3.10. The van der Waals surface area contributed by atoms with Crippen molar-refractivity contribution >= 4 is 11.8 Å². The van der Waals surface area contributed by atoms with Gasteiger partial charge in [0.1, 0.15) is 24.2 Å². The smallest absolute Gasteiger partial charge is 0.247 e. The highest BCUT2D eigenvalue weighted by molar-refractivity contribution is 5.89. The van der Waals surface area contributed by atoms with E-state index < -0.39 is 29.2 Å². The van der Waals surface area contributed by atoms with E-state index in [-0.39, 0.29) is 18.9 Å². The van der Waals surface area contributed by atoms with Crippen LogP contribution in [0.4, 0.5) is 4.39 Å². The van der Waals surface area contributed by atoms with Crippen LogP contribution in [0.5, 0.6) is 11.5 Å². The lowest BCUT2D eigenvalue weighted by atomic mass is 10.0. The molecule has 0 aliphatic rings. The number of carbonyl (C=O) groups is 2. The molecule has 4 aromatic rings. The summed E-state index contributed by atoms with van der Waals surface area (Å²) in [5.41, 5.74) is 0.725. The van der Waals surface area contributed by atoms with Crippen LogP contribution >= 0.6 is 0 Å². The maximum Gasteiger partial charge on any atom is 0.247 e. The van der Waals surface area contributed by atoms with Crippen LogP contribution in [0.2, 0.25) is 0 Å². The standard InChI is InChI=1S/C30H35FN6O5/c1-19-7-13-24(42-19)28-33-35-37(34-28)18-26(38)36(16-15-20-8-14-23(40-5)25(17-20)41-6)27(29(39)32-30(2,3)4)21-9-11-22(31)12-10-21/h7-14,17,27H,15-16,18H2,1-6H3,(H,32,39). The Hall–Kier alpha value is -4.74. The molecule has 0 spiro atoms. The molecule has 1 unspecified atom stereocenters. The van der Waals surface area contributed by atoms with Crippen LogP contribution in [-0.2, 0) is 22.6 Å². The number of amides is 2. The van der Waals surface area contributed by atoms with Crippen molar-refractivity contribution in [3.8, 4) is 23.1 Å². The highest BCUT2D eigenvalue weighted by Crippen LogP contribution is 2.29. The Labute approximate surface area is 243 Å². The first-order chi connectivity index (χ1) is 20.0. The van der Waals surface area contributed by atoms with Crippen LogP contribution in [0.3, 0.4) is 0 Å². The van der Waals surface area contributed by atoms with Crippen molar-refractivity contribution in [2.45, 2.75) is 52.2 Å². The van der Waals surface area contributed by atoms with E-state index >= 15 is 0 Å². The molecule has 42 heavy (non-hydrogen) atoms. The molecule has 1 atom stereocenters. The van der Waals surface area contributed by atoms with E-state index in [2.05, 4.69) is 20.7 Å². The molecule has 0 bridgehead atoms. The lowest BCUT2D eigenvalue weighted by Crippen LogP contribution is -2.50. The summed E-state index contributed by atoms with van der Waals surface area (Å²) in [6.45, 7) is 7.19. The number of carbonyl (C=O) groups excluding carboxylic acids is 2.